The number of halogens is 1. The highest BCUT2D eigenvalue weighted by molar-refractivity contribution is 6.30. The van der Waals surface area contributed by atoms with E-state index in [0.29, 0.717) is 23.0 Å². The third-order valence-electron chi connectivity index (χ3n) is 4.92. The Morgan fingerprint density at radius 2 is 1.77 bits per heavy atom. The van der Waals surface area contributed by atoms with E-state index >= 15 is 0 Å². The molecule has 1 amide bonds. The van der Waals surface area contributed by atoms with E-state index in [4.69, 9.17) is 16.3 Å². The number of hydrogen-bond acceptors (Lipinski definition) is 4. The predicted molar refractivity (Wildman–Crippen MR) is 121 cm³/mol. The number of aryl methyl sites for hydroxylation is 1. The van der Waals surface area contributed by atoms with E-state index in [9.17, 15) is 14.4 Å². The molecule has 0 unspecified atom stereocenters. The molecule has 0 aliphatic carbocycles. The first-order valence-corrected chi connectivity index (χ1v) is 10.2. The summed E-state index contributed by atoms with van der Waals surface area (Å²) in [5.74, 6) is -0.460. The lowest BCUT2D eigenvalue weighted by molar-refractivity contribution is -0.134. The van der Waals surface area contributed by atoms with Crippen molar-refractivity contribution in [1.29, 1.82) is 0 Å². The zero-order valence-corrected chi connectivity index (χ0v) is 18.3. The van der Waals surface area contributed by atoms with Crippen LogP contribution in [0.25, 0.3) is 0 Å². The van der Waals surface area contributed by atoms with Crippen molar-refractivity contribution in [2.45, 2.75) is 33.7 Å². The molecule has 0 atom stereocenters. The van der Waals surface area contributed by atoms with E-state index in [1.807, 2.05) is 26.0 Å². The molecule has 1 N–H and O–H groups in total. The third-order valence-corrected chi connectivity index (χ3v) is 5.15. The first kappa shape index (κ1) is 22.3. The molecule has 0 saturated carbocycles. The third kappa shape index (κ3) is 5.41. The van der Waals surface area contributed by atoms with Crippen molar-refractivity contribution in [3.63, 3.8) is 0 Å². The summed E-state index contributed by atoms with van der Waals surface area (Å²) < 4.78 is 6.70. The highest BCUT2D eigenvalue weighted by Gasteiger charge is 2.17. The summed E-state index contributed by atoms with van der Waals surface area (Å²) >= 11 is 6.06. The molecule has 160 valence electrons. The molecular formula is C24H23ClN2O4. The fourth-order valence-corrected chi connectivity index (χ4v) is 3.29. The number of nitrogens with zero attached hydrogens (tertiary/aromatic N) is 1. The summed E-state index contributed by atoms with van der Waals surface area (Å²) in [6.07, 6.45) is 0.271. The van der Waals surface area contributed by atoms with Crippen molar-refractivity contribution in [2.24, 2.45) is 0 Å². The van der Waals surface area contributed by atoms with Crippen LogP contribution in [0.5, 0.6) is 5.75 Å². The maximum Gasteiger partial charge on any atom is 0.310 e. The lowest BCUT2D eigenvalue weighted by Crippen LogP contribution is -2.31. The Morgan fingerprint density at radius 3 is 2.42 bits per heavy atom. The standard InChI is InChI=1S/C24H23ClN2O4/c1-4-22(28)31-20-10-8-19(9-11-20)26-23(29)21-12-15(2)16(3)27(24(21)30)14-17-6-5-7-18(25)13-17/h5-13H,4,14H2,1-3H3,(H,26,29). The van der Waals surface area contributed by atoms with Gasteiger partial charge < -0.3 is 14.6 Å². The SMILES string of the molecule is CCC(=O)Oc1ccc(NC(=O)c2cc(C)c(C)n(Cc3cccc(Cl)c3)c2=O)cc1. The van der Waals surface area contributed by atoms with E-state index in [1.165, 1.54) is 0 Å². The number of benzene rings is 2. The molecule has 1 aromatic heterocycles. The second-order valence-electron chi connectivity index (χ2n) is 7.15. The minimum absolute atomic E-state index is 0.0478. The molecule has 0 bridgehead atoms. The lowest BCUT2D eigenvalue weighted by atomic mass is 10.1. The number of carbonyl (C=O) groups is 2. The van der Waals surface area contributed by atoms with E-state index in [2.05, 4.69) is 5.32 Å². The highest BCUT2D eigenvalue weighted by Crippen LogP contribution is 2.18. The number of ether oxygens (including phenoxy) is 1. The molecule has 0 radical (unpaired) electrons. The zero-order valence-electron chi connectivity index (χ0n) is 17.6. The highest BCUT2D eigenvalue weighted by atomic mass is 35.5. The number of rotatable bonds is 6. The van der Waals surface area contributed by atoms with Crippen molar-refractivity contribution in [3.05, 3.63) is 92.4 Å². The van der Waals surface area contributed by atoms with Crippen LogP contribution < -0.4 is 15.6 Å². The summed E-state index contributed by atoms with van der Waals surface area (Å²) in [5, 5.41) is 3.31. The van der Waals surface area contributed by atoms with Crippen LogP contribution in [0.3, 0.4) is 0 Å². The molecule has 7 heteroatoms. The molecule has 0 aliphatic rings. The normalized spacial score (nSPS) is 10.6. The maximum absolute atomic E-state index is 13.1. The van der Waals surface area contributed by atoms with Gasteiger partial charge in [0.25, 0.3) is 11.5 Å². The molecule has 0 saturated heterocycles. The Balaban J connectivity index is 1.85. The molecule has 0 aliphatic heterocycles. The minimum Gasteiger partial charge on any atom is -0.427 e. The summed E-state index contributed by atoms with van der Waals surface area (Å²) in [4.78, 5) is 37.3. The summed E-state index contributed by atoms with van der Waals surface area (Å²) in [6.45, 7) is 5.72. The van der Waals surface area contributed by atoms with E-state index in [1.54, 1.807) is 54.0 Å². The van der Waals surface area contributed by atoms with Gasteiger partial charge in [0.2, 0.25) is 0 Å². The Hall–Kier alpha value is -3.38. The van der Waals surface area contributed by atoms with E-state index < -0.39 is 5.91 Å². The maximum atomic E-state index is 13.1. The van der Waals surface area contributed by atoms with Gasteiger partial charge in [-0.05, 0) is 67.4 Å². The van der Waals surface area contributed by atoms with Gasteiger partial charge in [0.05, 0.1) is 6.54 Å². The van der Waals surface area contributed by atoms with Crippen molar-refractivity contribution in [1.82, 2.24) is 4.57 Å². The second-order valence-corrected chi connectivity index (χ2v) is 7.59. The minimum atomic E-state index is -0.508. The molecule has 1 heterocycles. The van der Waals surface area contributed by atoms with Crippen LogP contribution in [-0.4, -0.2) is 16.4 Å². The Labute approximate surface area is 185 Å². The number of amides is 1. The lowest BCUT2D eigenvalue weighted by Gasteiger charge is -2.15. The van der Waals surface area contributed by atoms with Crippen LogP contribution in [-0.2, 0) is 11.3 Å². The Bertz CT molecular complexity index is 1180. The van der Waals surface area contributed by atoms with Gasteiger partial charge >= 0.3 is 5.97 Å². The quantitative estimate of drug-likeness (QED) is 0.445. The smallest absolute Gasteiger partial charge is 0.310 e. The van der Waals surface area contributed by atoms with Crippen LogP contribution in [0.1, 0.15) is 40.5 Å². The fourth-order valence-electron chi connectivity index (χ4n) is 3.07. The van der Waals surface area contributed by atoms with Gasteiger partial charge in [-0.3, -0.25) is 14.4 Å². The van der Waals surface area contributed by atoms with Crippen LogP contribution in [0, 0.1) is 13.8 Å². The summed E-state index contributed by atoms with van der Waals surface area (Å²) in [7, 11) is 0. The topological polar surface area (TPSA) is 77.4 Å². The van der Waals surface area contributed by atoms with Crippen molar-refractivity contribution in [3.8, 4) is 5.75 Å². The average Bonchev–Trinajstić information content (AvgIpc) is 2.75. The van der Waals surface area contributed by atoms with Gasteiger partial charge in [0.1, 0.15) is 11.3 Å². The number of nitrogens with one attached hydrogen (secondary N) is 1. The van der Waals surface area contributed by atoms with Gasteiger partial charge in [-0.2, -0.15) is 0 Å². The predicted octanol–water partition coefficient (Wildman–Crippen LogP) is 4.73. The van der Waals surface area contributed by atoms with Gasteiger partial charge in [0.15, 0.2) is 0 Å². The van der Waals surface area contributed by atoms with Crippen molar-refractivity contribution >= 4 is 29.2 Å². The first-order chi connectivity index (χ1) is 14.8. The van der Waals surface area contributed by atoms with Gasteiger partial charge in [-0.1, -0.05) is 30.7 Å². The Kier molecular flexibility index (Phi) is 6.92. The molecule has 6 nitrogen and oxygen atoms in total. The fraction of sp³-hybridized carbons (Fsp3) is 0.208. The first-order valence-electron chi connectivity index (χ1n) is 9.86. The number of esters is 1. The number of pyridine rings is 1. The van der Waals surface area contributed by atoms with Crippen molar-refractivity contribution in [2.75, 3.05) is 5.32 Å². The van der Waals surface area contributed by atoms with Gasteiger partial charge in [-0.15, -0.1) is 0 Å². The van der Waals surface area contributed by atoms with Crippen LogP contribution in [0.2, 0.25) is 5.02 Å². The number of anilines is 1. The van der Waals surface area contributed by atoms with Crippen molar-refractivity contribution < 1.29 is 14.3 Å². The van der Waals surface area contributed by atoms with E-state index in [-0.39, 0.29) is 23.5 Å². The molecule has 3 aromatic rings. The average molecular weight is 439 g/mol. The van der Waals surface area contributed by atoms with E-state index in [0.717, 1.165) is 16.8 Å². The van der Waals surface area contributed by atoms with Gasteiger partial charge in [-0.25, -0.2) is 0 Å². The summed E-state index contributed by atoms with van der Waals surface area (Å²) in [6, 6.07) is 15.3. The monoisotopic (exact) mass is 438 g/mol. The van der Waals surface area contributed by atoms with Crippen LogP contribution in [0.15, 0.2) is 59.4 Å². The largest absolute Gasteiger partial charge is 0.427 e. The zero-order chi connectivity index (χ0) is 22.5. The van der Waals surface area contributed by atoms with Crippen LogP contribution in [0.4, 0.5) is 5.69 Å². The van der Waals surface area contributed by atoms with Crippen LogP contribution >= 0.6 is 11.6 Å². The molecule has 31 heavy (non-hydrogen) atoms. The molecule has 3 rings (SSSR count). The number of hydrogen-bond donors (Lipinski definition) is 1. The van der Waals surface area contributed by atoms with Gasteiger partial charge in [0, 0.05) is 22.8 Å². The Morgan fingerprint density at radius 1 is 1.06 bits per heavy atom. The molecule has 0 fully saturated rings. The molecule has 2 aromatic carbocycles. The molecular weight excluding hydrogens is 416 g/mol. The summed E-state index contributed by atoms with van der Waals surface area (Å²) in [5.41, 5.74) is 2.63. The molecule has 0 spiro atoms. The second kappa shape index (κ2) is 9.62. The number of carbonyl (C=O) groups excluding carboxylic acids is 2. The number of aromatic nitrogens is 1.